The van der Waals surface area contributed by atoms with Crippen molar-refractivity contribution < 1.29 is 28.2 Å². The summed E-state index contributed by atoms with van der Waals surface area (Å²) in [7, 11) is 3.96. The second kappa shape index (κ2) is 10.6. The van der Waals surface area contributed by atoms with Crippen LogP contribution < -0.4 is 10.2 Å². The number of amides is 1. The van der Waals surface area contributed by atoms with Crippen molar-refractivity contribution in [2.24, 2.45) is 0 Å². The molecule has 43 heavy (non-hydrogen) atoms. The van der Waals surface area contributed by atoms with Crippen LogP contribution in [0.5, 0.6) is 5.88 Å². The third-order valence-corrected chi connectivity index (χ3v) is 8.79. The summed E-state index contributed by atoms with van der Waals surface area (Å²) in [4.78, 5) is 25.4. The van der Waals surface area contributed by atoms with E-state index in [0.717, 1.165) is 17.8 Å². The van der Waals surface area contributed by atoms with E-state index < -0.39 is 23.3 Å². The molecule has 1 saturated heterocycles. The molecule has 0 aliphatic carbocycles. The van der Waals surface area contributed by atoms with E-state index in [1.807, 2.05) is 19.0 Å². The normalized spacial score (nSPS) is 16.7. The summed E-state index contributed by atoms with van der Waals surface area (Å²) in [6.45, 7) is 6.34. The molecule has 13 heteroatoms. The van der Waals surface area contributed by atoms with Gasteiger partial charge in [0.15, 0.2) is 5.82 Å². The van der Waals surface area contributed by atoms with Gasteiger partial charge in [-0.05, 0) is 64.5 Å². The van der Waals surface area contributed by atoms with Crippen molar-refractivity contribution in [2.45, 2.75) is 52.0 Å². The Morgan fingerprint density at radius 3 is 2.63 bits per heavy atom. The monoisotopic (exact) mass is 608 g/mol. The molecule has 4 aromatic rings. The van der Waals surface area contributed by atoms with Crippen molar-refractivity contribution in [3.8, 4) is 23.1 Å². The largest absolute Gasteiger partial charge is 0.493 e. The fourth-order valence-electron chi connectivity index (χ4n) is 5.75. The number of hydrogen-bond donors (Lipinski definition) is 2. The SMILES string of the molecule is CN(C)[C@H]1CCN(c2nc(O)c3c4c(c(-c5c(F)ccc6sc(NC(=O)OC(C)(C)C)c(C#N)c56)c(F)c3n2)COC4)C1. The molecule has 2 aromatic carbocycles. The van der Waals surface area contributed by atoms with E-state index in [9.17, 15) is 15.2 Å². The predicted octanol–water partition coefficient (Wildman–Crippen LogP) is 5.88. The lowest BCUT2D eigenvalue weighted by atomic mass is 9.90. The lowest BCUT2D eigenvalue weighted by molar-refractivity contribution is 0.0636. The number of benzene rings is 2. The van der Waals surface area contributed by atoms with Gasteiger partial charge in [0.05, 0.1) is 24.2 Å². The number of aromatic nitrogens is 2. The van der Waals surface area contributed by atoms with Crippen LogP contribution in [0.3, 0.4) is 0 Å². The number of rotatable bonds is 4. The summed E-state index contributed by atoms with van der Waals surface area (Å²) in [6.07, 6.45) is 0.0740. The van der Waals surface area contributed by atoms with Crippen LogP contribution in [-0.4, -0.2) is 64.9 Å². The summed E-state index contributed by atoms with van der Waals surface area (Å²) < 4.78 is 44.1. The van der Waals surface area contributed by atoms with Crippen LogP contribution in [0, 0.1) is 23.0 Å². The van der Waals surface area contributed by atoms with E-state index in [2.05, 4.69) is 26.3 Å². The van der Waals surface area contributed by atoms with Gasteiger partial charge >= 0.3 is 6.09 Å². The maximum Gasteiger partial charge on any atom is 0.412 e. The smallest absolute Gasteiger partial charge is 0.412 e. The molecule has 2 aliphatic rings. The fourth-order valence-corrected chi connectivity index (χ4v) is 6.80. The van der Waals surface area contributed by atoms with E-state index in [4.69, 9.17) is 9.47 Å². The van der Waals surface area contributed by atoms with Crippen LogP contribution in [0.15, 0.2) is 12.1 Å². The zero-order valence-electron chi connectivity index (χ0n) is 24.3. The Bertz CT molecular complexity index is 1850. The van der Waals surface area contributed by atoms with E-state index in [0.29, 0.717) is 28.9 Å². The number of halogens is 2. The second-order valence-corrected chi connectivity index (χ2v) is 13.0. The lowest BCUT2D eigenvalue weighted by Crippen LogP contribution is -2.32. The summed E-state index contributed by atoms with van der Waals surface area (Å²) >= 11 is 1.06. The molecule has 10 nitrogen and oxygen atoms in total. The van der Waals surface area contributed by atoms with Crippen molar-refractivity contribution in [3.05, 3.63) is 40.5 Å². The van der Waals surface area contributed by atoms with Crippen LogP contribution in [0.2, 0.25) is 0 Å². The molecule has 2 N–H and O–H groups in total. The van der Waals surface area contributed by atoms with Crippen molar-refractivity contribution in [3.63, 3.8) is 0 Å². The van der Waals surface area contributed by atoms with Gasteiger partial charge in [-0.15, -0.1) is 11.3 Å². The average Bonchev–Trinajstić information content (AvgIpc) is 3.67. The average molecular weight is 609 g/mol. The molecule has 1 amide bonds. The fraction of sp³-hybridized carbons (Fsp3) is 0.400. The first kappa shape index (κ1) is 29.0. The predicted molar refractivity (Wildman–Crippen MR) is 159 cm³/mol. The molecule has 2 aromatic heterocycles. The molecule has 0 saturated carbocycles. The molecule has 0 spiro atoms. The molecule has 0 radical (unpaired) electrons. The highest BCUT2D eigenvalue weighted by molar-refractivity contribution is 7.23. The standard InChI is InChI=1S/C30H30F2N6O4S/c1-30(2,3)42-29(40)36-27-15(10-33)20-19(43-27)7-6-18(31)23(20)21-16-12-41-13-17(16)22-25(24(21)32)34-28(35-26(22)39)38-9-8-14(11-38)37(4)5/h6-7,14H,8-9,11-13H2,1-5H3,(H,36,40)(H,34,35,39)/t14-/m0/s1. The van der Waals surface area contributed by atoms with E-state index in [1.54, 1.807) is 20.8 Å². The third-order valence-electron chi connectivity index (χ3n) is 7.72. The summed E-state index contributed by atoms with van der Waals surface area (Å²) in [5.41, 5.74) is -0.407. The number of carbonyl (C=O) groups is 1. The quantitative estimate of drug-likeness (QED) is 0.292. The van der Waals surface area contributed by atoms with Gasteiger partial charge in [-0.3, -0.25) is 5.32 Å². The topological polar surface area (TPSA) is 124 Å². The van der Waals surface area contributed by atoms with E-state index in [-0.39, 0.29) is 69.1 Å². The number of hydrogen-bond acceptors (Lipinski definition) is 10. The summed E-state index contributed by atoms with van der Waals surface area (Å²) in [5, 5.41) is 24.2. The molecular formula is C30H30F2N6O4S. The maximum absolute atomic E-state index is 16.8. The molecule has 2 aliphatic heterocycles. The third kappa shape index (κ3) is 4.99. The van der Waals surface area contributed by atoms with Gasteiger partial charge in [-0.1, -0.05) is 0 Å². The number of nitrogens with zero attached hydrogens (tertiary/aromatic N) is 5. The van der Waals surface area contributed by atoms with Gasteiger partial charge < -0.3 is 24.4 Å². The van der Waals surface area contributed by atoms with Gasteiger partial charge in [0, 0.05) is 40.3 Å². The van der Waals surface area contributed by atoms with Crippen LogP contribution in [0.1, 0.15) is 43.9 Å². The van der Waals surface area contributed by atoms with Gasteiger partial charge in [-0.25, -0.2) is 18.6 Å². The number of fused-ring (bicyclic) bond motifs is 4. The van der Waals surface area contributed by atoms with Gasteiger partial charge in [0.2, 0.25) is 11.8 Å². The molecule has 4 heterocycles. The molecular weight excluding hydrogens is 578 g/mol. The Morgan fingerprint density at radius 1 is 1.21 bits per heavy atom. The Kier molecular flexibility index (Phi) is 7.11. The van der Waals surface area contributed by atoms with E-state index in [1.165, 1.54) is 12.1 Å². The zero-order chi connectivity index (χ0) is 30.8. The Labute approximate surface area is 250 Å². The Hall–Kier alpha value is -4.12. The first-order valence-corrected chi connectivity index (χ1v) is 14.6. The highest BCUT2D eigenvalue weighted by atomic mass is 32.1. The molecule has 1 fully saturated rings. The van der Waals surface area contributed by atoms with Crippen molar-refractivity contribution in [1.29, 1.82) is 5.26 Å². The second-order valence-electron chi connectivity index (χ2n) is 11.9. The number of ether oxygens (including phenoxy) is 2. The summed E-state index contributed by atoms with van der Waals surface area (Å²) in [5.74, 6) is -1.82. The molecule has 6 rings (SSSR count). The van der Waals surface area contributed by atoms with Gasteiger partial charge in [0.1, 0.15) is 28.0 Å². The minimum atomic E-state index is -0.857. The maximum atomic E-state index is 16.8. The zero-order valence-corrected chi connectivity index (χ0v) is 25.2. The van der Waals surface area contributed by atoms with E-state index >= 15 is 8.78 Å². The molecule has 0 bridgehead atoms. The molecule has 0 unspecified atom stereocenters. The molecule has 224 valence electrons. The van der Waals surface area contributed by atoms with Gasteiger partial charge in [-0.2, -0.15) is 10.2 Å². The number of aromatic hydroxyl groups is 1. The highest BCUT2D eigenvalue weighted by Crippen LogP contribution is 2.48. The number of thiophene rings is 1. The van der Waals surface area contributed by atoms with Crippen molar-refractivity contribution in [1.82, 2.24) is 14.9 Å². The Balaban J connectivity index is 1.57. The first-order chi connectivity index (χ1) is 20.4. The van der Waals surface area contributed by atoms with Crippen LogP contribution in [0.25, 0.3) is 32.1 Å². The minimum Gasteiger partial charge on any atom is -0.493 e. The first-order valence-electron chi connectivity index (χ1n) is 13.8. The van der Waals surface area contributed by atoms with Crippen LogP contribution >= 0.6 is 11.3 Å². The highest BCUT2D eigenvalue weighted by Gasteiger charge is 2.33. The lowest BCUT2D eigenvalue weighted by Gasteiger charge is -2.21. The van der Waals surface area contributed by atoms with Crippen molar-refractivity contribution in [2.75, 3.05) is 37.4 Å². The summed E-state index contributed by atoms with van der Waals surface area (Å²) in [6, 6.07) is 4.99. The van der Waals surface area contributed by atoms with Crippen molar-refractivity contribution >= 4 is 49.4 Å². The minimum absolute atomic E-state index is 0.0226. The number of likely N-dealkylation sites (N-methyl/N-ethyl adjacent to an activating group) is 1. The number of anilines is 2. The van der Waals surface area contributed by atoms with Crippen LogP contribution in [-0.2, 0) is 22.7 Å². The molecule has 1 atom stereocenters. The van der Waals surface area contributed by atoms with Gasteiger partial charge in [0.25, 0.3) is 0 Å². The number of carbonyl (C=O) groups excluding carboxylic acids is 1. The number of nitriles is 1. The van der Waals surface area contributed by atoms with Crippen LogP contribution in [0.4, 0.5) is 24.5 Å². The Morgan fingerprint density at radius 2 is 1.95 bits per heavy atom. The number of nitrogens with one attached hydrogen (secondary N) is 1.